The minimum absolute atomic E-state index is 0.207. The molecule has 1 amide bonds. The molecule has 0 fully saturated rings. The Balaban J connectivity index is 1.80. The zero-order chi connectivity index (χ0) is 13.5. The van der Waals surface area contributed by atoms with Crippen LogP contribution in [0.1, 0.15) is 16.9 Å². The lowest BCUT2D eigenvalue weighted by Crippen LogP contribution is -2.31. The Morgan fingerprint density at radius 1 is 1.16 bits per heavy atom. The van der Waals surface area contributed by atoms with E-state index in [1.165, 1.54) is 0 Å². The van der Waals surface area contributed by atoms with Crippen molar-refractivity contribution in [2.75, 3.05) is 0 Å². The fourth-order valence-electron chi connectivity index (χ4n) is 1.65. The molecule has 0 radical (unpaired) electrons. The van der Waals surface area contributed by atoms with Crippen LogP contribution in [0.3, 0.4) is 0 Å². The topological polar surface area (TPSA) is 77.5 Å². The van der Waals surface area contributed by atoms with Gasteiger partial charge in [-0.3, -0.25) is 10.2 Å². The van der Waals surface area contributed by atoms with Crippen LogP contribution in [0.2, 0.25) is 0 Å². The summed E-state index contributed by atoms with van der Waals surface area (Å²) in [5, 5.41) is 0. The van der Waals surface area contributed by atoms with Crippen molar-refractivity contribution >= 4 is 5.91 Å². The van der Waals surface area contributed by atoms with Gasteiger partial charge < -0.3 is 9.15 Å². The summed E-state index contributed by atoms with van der Waals surface area (Å²) < 4.78 is 10.7. The van der Waals surface area contributed by atoms with Gasteiger partial charge in [-0.25, -0.2) is 5.84 Å². The highest BCUT2D eigenvalue weighted by molar-refractivity contribution is 5.77. The number of carbonyl (C=O) groups is 1. The van der Waals surface area contributed by atoms with Crippen molar-refractivity contribution in [3.63, 3.8) is 0 Å². The molecule has 0 saturated carbocycles. The maximum atomic E-state index is 11.1. The number of nitrogens with two attached hydrogens (primary N) is 1. The van der Waals surface area contributed by atoms with Crippen molar-refractivity contribution in [1.82, 2.24) is 5.43 Å². The summed E-state index contributed by atoms with van der Waals surface area (Å²) in [6, 6.07) is 11.3. The molecule has 2 rings (SSSR count). The summed E-state index contributed by atoms with van der Waals surface area (Å²) in [4.78, 5) is 11.1. The van der Waals surface area contributed by atoms with Gasteiger partial charge in [0, 0.05) is 0 Å². The second-order valence-corrected chi connectivity index (χ2v) is 4.13. The maximum absolute atomic E-state index is 11.1. The molecular formula is C14H16N2O3. The maximum Gasteiger partial charge on any atom is 0.238 e. The lowest BCUT2D eigenvalue weighted by Gasteiger charge is -2.04. The summed E-state index contributed by atoms with van der Waals surface area (Å²) in [6.45, 7) is 0.953. The molecule has 1 heterocycles. The van der Waals surface area contributed by atoms with Crippen LogP contribution in [0.15, 0.2) is 47.1 Å². The van der Waals surface area contributed by atoms with E-state index in [9.17, 15) is 4.79 Å². The number of furan rings is 1. The summed E-state index contributed by atoms with van der Waals surface area (Å²) in [7, 11) is 0. The second-order valence-electron chi connectivity index (χ2n) is 4.13. The van der Waals surface area contributed by atoms with Gasteiger partial charge in [0.1, 0.15) is 12.4 Å². The number of ether oxygens (including phenoxy) is 1. The molecule has 3 N–H and O–H groups in total. The van der Waals surface area contributed by atoms with E-state index in [0.29, 0.717) is 13.2 Å². The number of hydrogen-bond donors (Lipinski definition) is 2. The predicted molar refractivity (Wildman–Crippen MR) is 69.7 cm³/mol. The smallest absolute Gasteiger partial charge is 0.238 e. The van der Waals surface area contributed by atoms with E-state index in [1.807, 2.05) is 36.4 Å². The van der Waals surface area contributed by atoms with Crippen LogP contribution in [0, 0.1) is 0 Å². The van der Waals surface area contributed by atoms with Crippen molar-refractivity contribution in [2.45, 2.75) is 19.6 Å². The predicted octanol–water partition coefficient (Wildman–Crippen LogP) is 1.53. The first-order valence-corrected chi connectivity index (χ1v) is 5.95. The third kappa shape index (κ3) is 4.24. The average molecular weight is 260 g/mol. The molecule has 0 aliphatic rings. The average Bonchev–Trinajstić information content (AvgIpc) is 2.94. The van der Waals surface area contributed by atoms with E-state index < -0.39 is 0 Å². The lowest BCUT2D eigenvalue weighted by atomic mass is 10.1. The minimum Gasteiger partial charge on any atom is -0.467 e. The molecule has 1 aromatic heterocycles. The molecule has 0 bridgehead atoms. The third-order valence-electron chi connectivity index (χ3n) is 2.64. The number of rotatable bonds is 6. The monoisotopic (exact) mass is 260 g/mol. The molecule has 100 valence electrons. The fraction of sp³-hybridized carbons (Fsp3) is 0.214. The quantitative estimate of drug-likeness (QED) is 0.469. The zero-order valence-corrected chi connectivity index (χ0v) is 10.5. The van der Waals surface area contributed by atoms with Gasteiger partial charge >= 0.3 is 0 Å². The van der Waals surface area contributed by atoms with Crippen LogP contribution < -0.4 is 11.3 Å². The Kier molecular flexibility index (Phi) is 4.72. The number of hydrogen-bond acceptors (Lipinski definition) is 4. The summed E-state index contributed by atoms with van der Waals surface area (Å²) >= 11 is 0. The molecule has 1 aromatic carbocycles. The Hall–Kier alpha value is -2.11. The standard InChI is InChI=1S/C14H16N2O3/c15-16-14(17)8-11-3-5-12(6-4-11)9-18-10-13-2-1-7-19-13/h1-7H,8-10,15H2,(H,16,17). The van der Waals surface area contributed by atoms with Crippen LogP contribution in [-0.2, 0) is 29.2 Å². The van der Waals surface area contributed by atoms with Crippen molar-refractivity contribution in [3.05, 3.63) is 59.5 Å². The molecule has 0 unspecified atom stereocenters. The largest absolute Gasteiger partial charge is 0.467 e. The summed E-state index contributed by atoms with van der Waals surface area (Å²) in [5.74, 6) is 5.63. The second kappa shape index (κ2) is 6.72. The van der Waals surface area contributed by atoms with Gasteiger partial charge in [-0.1, -0.05) is 24.3 Å². The van der Waals surface area contributed by atoms with E-state index in [4.69, 9.17) is 15.0 Å². The highest BCUT2D eigenvalue weighted by Gasteiger charge is 2.02. The number of hydrazine groups is 1. The van der Waals surface area contributed by atoms with Gasteiger partial charge in [0.2, 0.25) is 5.91 Å². The third-order valence-corrected chi connectivity index (χ3v) is 2.64. The van der Waals surface area contributed by atoms with Gasteiger partial charge in [0.05, 0.1) is 19.3 Å². The number of amides is 1. The molecule has 0 spiro atoms. The molecule has 0 aliphatic carbocycles. The van der Waals surface area contributed by atoms with Gasteiger partial charge in [-0.2, -0.15) is 0 Å². The van der Waals surface area contributed by atoms with Crippen molar-refractivity contribution < 1.29 is 13.9 Å². The minimum atomic E-state index is -0.207. The Labute approximate surface area is 111 Å². The van der Waals surface area contributed by atoms with Crippen LogP contribution in [0.25, 0.3) is 0 Å². The molecule has 0 atom stereocenters. The molecule has 5 heteroatoms. The van der Waals surface area contributed by atoms with Gasteiger partial charge in [-0.05, 0) is 23.3 Å². The Bertz CT molecular complexity index is 506. The van der Waals surface area contributed by atoms with Crippen LogP contribution in [0.4, 0.5) is 0 Å². The Morgan fingerprint density at radius 3 is 2.53 bits per heavy atom. The highest BCUT2D eigenvalue weighted by atomic mass is 16.5. The van der Waals surface area contributed by atoms with Crippen LogP contribution in [0.5, 0.6) is 0 Å². The van der Waals surface area contributed by atoms with E-state index in [1.54, 1.807) is 6.26 Å². The van der Waals surface area contributed by atoms with E-state index in [-0.39, 0.29) is 12.3 Å². The number of carbonyl (C=O) groups excluding carboxylic acids is 1. The zero-order valence-electron chi connectivity index (χ0n) is 10.5. The van der Waals surface area contributed by atoms with Crippen LogP contribution in [-0.4, -0.2) is 5.91 Å². The van der Waals surface area contributed by atoms with Gasteiger partial charge in [0.25, 0.3) is 0 Å². The SMILES string of the molecule is NNC(=O)Cc1ccc(COCc2ccco2)cc1. The first-order chi connectivity index (χ1) is 9.28. The molecule has 0 aliphatic heterocycles. The number of nitrogens with one attached hydrogen (secondary N) is 1. The molecular weight excluding hydrogens is 244 g/mol. The van der Waals surface area contributed by atoms with Crippen LogP contribution >= 0.6 is 0 Å². The number of benzene rings is 1. The van der Waals surface area contributed by atoms with Gasteiger partial charge in [-0.15, -0.1) is 0 Å². The summed E-state index contributed by atoms with van der Waals surface area (Å²) in [5.41, 5.74) is 4.06. The molecule has 19 heavy (non-hydrogen) atoms. The van der Waals surface area contributed by atoms with E-state index in [0.717, 1.165) is 16.9 Å². The lowest BCUT2D eigenvalue weighted by molar-refractivity contribution is -0.120. The Morgan fingerprint density at radius 2 is 1.89 bits per heavy atom. The van der Waals surface area contributed by atoms with E-state index in [2.05, 4.69) is 5.43 Å². The van der Waals surface area contributed by atoms with Crippen molar-refractivity contribution in [3.8, 4) is 0 Å². The first kappa shape index (κ1) is 13.3. The summed E-state index contributed by atoms with van der Waals surface area (Å²) in [6.07, 6.45) is 1.90. The first-order valence-electron chi connectivity index (χ1n) is 5.95. The normalized spacial score (nSPS) is 10.4. The van der Waals surface area contributed by atoms with Gasteiger partial charge in [0.15, 0.2) is 0 Å². The molecule has 0 saturated heterocycles. The molecule has 5 nitrogen and oxygen atoms in total. The van der Waals surface area contributed by atoms with Crippen molar-refractivity contribution in [2.24, 2.45) is 5.84 Å². The highest BCUT2D eigenvalue weighted by Crippen LogP contribution is 2.09. The van der Waals surface area contributed by atoms with Crippen molar-refractivity contribution in [1.29, 1.82) is 0 Å². The van der Waals surface area contributed by atoms with E-state index >= 15 is 0 Å². The molecule has 2 aromatic rings. The fourth-order valence-corrected chi connectivity index (χ4v) is 1.65.